The van der Waals surface area contributed by atoms with Gasteiger partial charge in [0.2, 0.25) is 0 Å². The van der Waals surface area contributed by atoms with E-state index in [9.17, 15) is 14.7 Å². The van der Waals surface area contributed by atoms with Gasteiger partial charge in [-0.1, -0.05) is 6.07 Å². The summed E-state index contributed by atoms with van der Waals surface area (Å²) in [5.74, 6) is -0.569. The van der Waals surface area contributed by atoms with E-state index in [1.165, 1.54) is 4.90 Å². The van der Waals surface area contributed by atoms with Gasteiger partial charge < -0.3 is 14.7 Å². The molecule has 0 aliphatic carbocycles. The van der Waals surface area contributed by atoms with Crippen molar-refractivity contribution in [3.63, 3.8) is 0 Å². The Bertz CT molecular complexity index is 716. The molecule has 6 heteroatoms. The molecule has 0 saturated carbocycles. The number of nitrogens with zero attached hydrogens (tertiary/aromatic N) is 2. The van der Waals surface area contributed by atoms with Crippen molar-refractivity contribution in [3.05, 3.63) is 59.9 Å². The summed E-state index contributed by atoms with van der Waals surface area (Å²) in [5.41, 5.74) is 1.28. The minimum atomic E-state index is -0.948. The van der Waals surface area contributed by atoms with Gasteiger partial charge in [-0.05, 0) is 49.2 Å². The van der Waals surface area contributed by atoms with E-state index >= 15 is 0 Å². The van der Waals surface area contributed by atoms with E-state index in [1.807, 2.05) is 18.2 Å². The van der Waals surface area contributed by atoms with Crippen LogP contribution in [0.2, 0.25) is 0 Å². The van der Waals surface area contributed by atoms with Gasteiger partial charge in [-0.15, -0.1) is 0 Å². The van der Waals surface area contributed by atoms with Crippen molar-refractivity contribution in [1.82, 2.24) is 9.88 Å². The molecule has 2 heterocycles. The van der Waals surface area contributed by atoms with Crippen LogP contribution in [0, 0.1) is 0 Å². The minimum absolute atomic E-state index is 0.254. The van der Waals surface area contributed by atoms with Crippen LogP contribution in [0.1, 0.15) is 28.9 Å². The van der Waals surface area contributed by atoms with Gasteiger partial charge in [-0.2, -0.15) is 0 Å². The fourth-order valence-electron chi connectivity index (χ4n) is 2.77. The molecule has 24 heavy (non-hydrogen) atoms. The lowest BCUT2D eigenvalue weighted by atomic mass is 10.1. The number of carboxylic acids is 1. The summed E-state index contributed by atoms with van der Waals surface area (Å²) >= 11 is 0. The van der Waals surface area contributed by atoms with Crippen LogP contribution in [0.5, 0.6) is 5.75 Å². The largest absolute Gasteiger partial charge is 0.487 e. The van der Waals surface area contributed by atoms with Crippen LogP contribution in [0.3, 0.4) is 0 Å². The molecule has 1 atom stereocenters. The molecular formula is C18H18N2O4. The molecule has 0 spiro atoms. The molecule has 6 nitrogen and oxygen atoms in total. The van der Waals surface area contributed by atoms with Crippen molar-refractivity contribution in [3.8, 4) is 5.75 Å². The zero-order valence-electron chi connectivity index (χ0n) is 13.1. The quantitative estimate of drug-likeness (QED) is 0.912. The van der Waals surface area contributed by atoms with Crippen LogP contribution in [-0.4, -0.2) is 39.5 Å². The smallest absolute Gasteiger partial charge is 0.326 e. The van der Waals surface area contributed by atoms with Gasteiger partial charge in [-0.25, -0.2) is 4.79 Å². The number of benzene rings is 1. The highest BCUT2D eigenvalue weighted by Gasteiger charge is 2.34. The summed E-state index contributed by atoms with van der Waals surface area (Å²) in [5, 5.41) is 9.18. The van der Waals surface area contributed by atoms with Crippen molar-refractivity contribution in [1.29, 1.82) is 0 Å². The maximum absolute atomic E-state index is 12.5. The zero-order chi connectivity index (χ0) is 16.9. The van der Waals surface area contributed by atoms with E-state index in [-0.39, 0.29) is 5.91 Å². The first-order chi connectivity index (χ1) is 11.6. The summed E-state index contributed by atoms with van der Waals surface area (Å²) in [6.45, 7) is 0.828. The molecule has 1 N–H and O–H groups in total. The van der Waals surface area contributed by atoms with Crippen LogP contribution in [-0.2, 0) is 11.4 Å². The van der Waals surface area contributed by atoms with Crippen molar-refractivity contribution >= 4 is 11.9 Å². The van der Waals surface area contributed by atoms with Crippen LogP contribution in [0.15, 0.2) is 48.7 Å². The Kier molecular flexibility index (Phi) is 4.74. The first-order valence-corrected chi connectivity index (χ1v) is 7.82. The number of ether oxygens (including phenoxy) is 1. The summed E-state index contributed by atoms with van der Waals surface area (Å²) < 4.78 is 5.63. The van der Waals surface area contributed by atoms with E-state index in [1.54, 1.807) is 30.5 Å². The maximum atomic E-state index is 12.5. The molecule has 0 bridgehead atoms. The zero-order valence-corrected chi connectivity index (χ0v) is 13.1. The summed E-state index contributed by atoms with van der Waals surface area (Å²) in [6, 6.07) is 11.6. The standard InChI is InChI=1S/C18H18N2O4/c21-17(20-11-3-5-16(20)18(22)23)13-6-8-15(9-7-13)24-12-14-4-1-2-10-19-14/h1-2,4,6-10,16H,3,5,11-12H2,(H,22,23). The van der Waals surface area contributed by atoms with Crippen LogP contribution >= 0.6 is 0 Å². The number of rotatable bonds is 5. The molecule has 3 rings (SSSR count). The predicted molar refractivity (Wildman–Crippen MR) is 86.7 cm³/mol. The van der Waals surface area contributed by atoms with Crippen molar-refractivity contribution < 1.29 is 19.4 Å². The highest BCUT2D eigenvalue weighted by atomic mass is 16.5. The number of aromatic nitrogens is 1. The molecule has 1 fully saturated rings. The molecule has 1 saturated heterocycles. The Morgan fingerprint density at radius 2 is 2.00 bits per heavy atom. The number of carbonyl (C=O) groups excluding carboxylic acids is 1. The molecule has 1 aliphatic heterocycles. The summed E-state index contributed by atoms with van der Waals surface area (Å²) in [7, 11) is 0. The summed E-state index contributed by atoms with van der Waals surface area (Å²) in [4.78, 5) is 29.3. The monoisotopic (exact) mass is 326 g/mol. The number of carboxylic acid groups (broad SMARTS) is 1. The molecule has 124 valence electrons. The van der Waals surface area contributed by atoms with Crippen LogP contribution in [0.4, 0.5) is 0 Å². The van der Waals surface area contributed by atoms with Crippen LogP contribution in [0.25, 0.3) is 0 Å². The molecule has 1 amide bonds. The lowest BCUT2D eigenvalue weighted by molar-refractivity contribution is -0.141. The number of pyridine rings is 1. The number of likely N-dealkylation sites (tertiary alicyclic amines) is 1. The summed E-state index contributed by atoms with van der Waals surface area (Å²) in [6.07, 6.45) is 2.93. The Hall–Kier alpha value is -2.89. The van der Waals surface area contributed by atoms with Crippen LogP contribution < -0.4 is 4.74 Å². The third-order valence-corrected chi connectivity index (χ3v) is 4.01. The Labute approximate surface area is 139 Å². The Balaban J connectivity index is 1.63. The van der Waals surface area contributed by atoms with Crippen molar-refractivity contribution in [2.24, 2.45) is 0 Å². The number of hydrogen-bond donors (Lipinski definition) is 1. The topological polar surface area (TPSA) is 79.7 Å². The van der Waals surface area contributed by atoms with Crippen molar-refractivity contribution in [2.75, 3.05) is 6.54 Å². The van der Waals surface area contributed by atoms with E-state index < -0.39 is 12.0 Å². The second-order valence-corrected chi connectivity index (χ2v) is 5.63. The highest BCUT2D eigenvalue weighted by Crippen LogP contribution is 2.22. The first-order valence-electron chi connectivity index (χ1n) is 7.82. The SMILES string of the molecule is O=C(O)C1CCCN1C(=O)c1ccc(OCc2ccccn2)cc1. The molecule has 1 aromatic heterocycles. The third kappa shape index (κ3) is 3.53. The number of carbonyl (C=O) groups is 2. The average Bonchev–Trinajstić information content (AvgIpc) is 3.11. The number of aliphatic carboxylic acids is 1. The molecular weight excluding hydrogens is 308 g/mol. The molecule has 1 unspecified atom stereocenters. The first kappa shape index (κ1) is 16.0. The van der Waals surface area contributed by atoms with Gasteiger partial charge in [-0.3, -0.25) is 9.78 Å². The fraction of sp³-hybridized carbons (Fsp3) is 0.278. The molecule has 2 aromatic rings. The second kappa shape index (κ2) is 7.12. The fourth-order valence-corrected chi connectivity index (χ4v) is 2.77. The molecule has 0 radical (unpaired) electrons. The maximum Gasteiger partial charge on any atom is 0.326 e. The highest BCUT2D eigenvalue weighted by molar-refractivity contribution is 5.97. The predicted octanol–water partition coefficient (Wildman–Crippen LogP) is 2.35. The lowest BCUT2D eigenvalue weighted by Crippen LogP contribution is -2.40. The minimum Gasteiger partial charge on any atom is -0.487 e. The van der Waals surface area contributed by atoms with Gasteiger partial charge >= 0.3 is 5.97 Å². The Morgan fingerprint density at radius 3 is 2.67 bits per heavy atom. The van der Waals surface area contributed by atoms with E-state index in [4.69, 9.17) is 4.74 Å². The normalized spacial score (nSPS) is 16.8. The van der Waals surface area contributed by atoms with E-state index in [2.05, 4.69) is 4.98 Å². The van der Waals surface area contributed by atoms with Gasteiger partial charge in [0.1, 0.15) is 18.4 Å². The van der Waals surface area contributed by atoms with E-state index in [0.717, 1.165) is 5.69 Å². The van der Waals surface area contributed by atoms with E-state index in [0.29, 0.717) is 37.3 Å². The van der Waals surface area contributed by atoms with Gasteiger partial charge in [0.15, 0.2) is 0 Å². The molecule has 1 aliphatic rings. The number of amides is 1. The van der Waals surface area contributed by atoms with Gasteiger partial charge in [0.05, 0.1) is 5.69 Å². The second-order valence-electron chi connectivity index (χ2n) is 5.63. The lowest BCUT2D eigenvalue weighted by Gasteiger charge is -2.21. The van der Waals surface area contributed by atoms with Crippen molar-refractivity contribution in [2.45, 2.75) is 25.5 Å². The number of hydrogen-bond acceptors (Lipinski definition) is 4. The Morgan fingerprint density at radius 1 is 1.21 bits per heavy atom. The van der Waals surface area contributed by atoms with Gasteiger partial charge in [0.25, 0.3) is 5.91 Å². The third-order valence-electron chi connectivity index (χ3n) is 4.01. The van der Waals surface area contributed by atoms with Gasteiger partial charge in [0, 0.05) is 18.3 Å². The molecule has 1 aromatic carbocycles. The average molecular weight is 326 g/mol.